The van der Waals surface area contributed by atoms with Gasteiger partial charge in [-0.2, -0.15) is 0 Å². The largest absolute Gasteiger partial charge is 0.462 e. The third kappa shape index (κ3) is 68.0. The molecule has 1 atom stereocenters. The van der Waals surface area contributed by atoms with Crippen LogP contribution in [0.2, 0.25) is 0 Å². The SMILES string of the molecule is CC/C=C\C/C=C\C/C=C\C/C=C\C/C=C\CCCCCCCCCCCCCCCCCCCCCC(=O)OC(CO)COC(=O)CCCCCCCCCCCCCCCCCCCCCCCCCCCCCCCC. The topological polar surface area (TPSA) is 72.8 Å². The third-order valence-corrected chi connectivity index (χ3v) is 16.1. The first-order valence-corrected chi connectivity index (χ1v) is 35.3. The van der Waals surface area contributed by atoms with Crippen molar-refractivity contribution in [2.45, 2.75) is 386 Å². The van der Waals surface area contributed by atoms with E-state index in [0.29, 0.717) is 12.8 Å². The van der Waals surface area contributed by atoms with E-state index in [2.05, 4.69) is 74.6 Å². The highest BCUT2D eigenvalue weighted by molar-refractivity contribution is 5.70. The van der Waals surface area contributed by atoms with Crippen LogP contribution in [0.4, 0.5) is 0 Å². The molecule has 0 spiro atoms. The number of aliphatic hydroxyl groups is 1. The number of esters is 2. The standard InChI is InChI=1S/C74H136O5/c1-3-5-7-9-11-13-15-17-19-21-23-25-27-29-31-33-35-36-37-38-39-41-43-45-47-49-51-53-55-57-59-61-63-65-67-69-74(77)79-72(70-75)71-78-73(76)68-66-64-62-60-58-56-54-52-50-48-46-44-42-40-34-32-30-28-26-24-22-20-18-16-14-12-10-8-6-4-2/h5,7,11,13,17,19,23,25,29,31,72,75H,3-4,6,8-10,12,14-16,18,20-22,24,26-28,30,32-71H2,1-2H3/b7-5-,13-11-,19-17-,25-23-,31-29-. The zero-order chi connectivity index (χ0) is 56.9. The molecule has 0 heterocycles. The van der Waals surface area contributed by atoms with Crippen LogP contribution in [0, 0.1) is 0 Å². The Hall–Kier alpha value is -2.40. The summed E-state index contributed by atoms with van der Waals surface area (Å²) in [6.45, 7) is 4.09. The van der Waals surface area contributed by atoms with Gasteiger partial charge in [0.2, 0.25) is 0 Å². The van der Waals surface area contributed by atoms with Gasteiger partial charge < -0.3 is 14.6 Å². The molecule has 0 saturated heterocycles. The first kappa shape index (κ1) is 76.6. The van der Waals surface area contributed by atoms with Crippen LogP contribution in [0.5, 0.6) is 0 Å². The zero-order valence-corrected chi connectivity index (χ0v) is 53.2. The molecule has 0 aromatic carbocycles. The monoisotopic (exact) mass is 1110 g/mol. The maximum absolute atomic E-state index is 12.4. The summed E-state index contributed by atoms with van der Waals surface area (Å²) in [6, 6.07) is 0. The Balaban J connectivity index is 3.40. The minimum absolute atomic E-state index is 0.0602. The number of hydrogen-bond acceptors (Lipinski definition) is 5. The van der Waals surface area contributed by atoms with Crippen LogP contribution in [0.3, 0.4) is 0 Å². The number of unbranched alkanes of at least 4 members (excludes halogenated alkanes) is 48. The molecular formula is C74H136O5. The van der Waals surface area contributed by atoms with Crippen molar-refractivity contribution in [2.24, 2.45) is 0 Å². The highest BCUT2D eigenvalue weighted by Gasteiger charge is 2.16. The first-order valence-electron chi connectivity index (χ1n) is 35.3. The van der Waals surface area contributed by atoms with Crippen LogP contribution < -0.4 is 0 Å². The summed E-state index contributed by atoms with van der Waals surface area (Å²) >= 11 is 0. The number of allylic oxidation sites excluding steroid dienone is 10. The van der Waals surface area contributed by atoms with Crippen molar-refractivity contribution in [2.75, 3.05) is 13.2 Å². The number of carbonyl (C=O) groups excluding carboxylic acids is 2. The van der Waals surface area contributed by atoms with Crippen molar-refractivity contribution in [1.29, 1.82) is 0 Å². The van der Waals surface area contributed by atoms with Crippen LogP contribution in [-0.2, 0) is 19.1 Å². The fourth-order valence-corrected chi connectivity index (χ4v) is 10.8. The molecule has 0 aliphatic heterocycles. The van der Waals surface area contributed by atoms with E-state index in [1.807, 2.05) is 0 Å². The highest BCUT2D eigenvalue weighted by Crippen LogP contribution is 2.19. The quantitative estimate of drug-likeness (QED) is 0.0373. The van der Waals surface area contributed by atoms with Gasteiger partial charge in [-0.15, -0.1) is 0 Å². The lowest BCUT2D eigenvalue weighted by molar-refractivity contribution is -0.161. The molecule has 5 nitrogen and oxygen atoms in total. The van der Waals surface area contributed by atoms with Crippen LogP contribution in [0.1, 0.15) is 380 Å². The zero-order valence-electron chi connectivity index (χ0n) is 53.2. The van der Waals surface area contributed by atoms with Gasteiger partial charge in [-0.1, -0.05) is 370 Å². The molecule has 0 aromatic rings. The van der Waals surface area contributed by atoms with Gasteiger partial charge in [-0.05, 0) is 57.8 Å². The van der Waals surface area contributed by atoms with Crippen molar-refractivity contribution in [3.8, 4) is 0 Å². The maximum atomic E-state index is 12.4. The normalized spacial score (nSPS) is 12.5. The van der Waals surface area contributed by atoms with Gasteiger partial charge in [0.05, 0.1) is 6.61 Å². The van der Waals surface area contributed by atoms with Gasteiger partial charge in [0, 0.05) is 12.8 Å². The molecule has 5 heteroatoms. The molecule has 462 valence electrons. The number of aliphatic hydroxyl groups excluding tert-OH is 1. The van der Waals surface area contributed by atoms with E-state index < -0.39 is 6.10 Å². The molecule has 0 saturated carbocycles. The van der Waals surface area contributed by atoms with Gasteiger partial charge in [-0.25, -0.2) is 0 Å². The number of ether oxygens (including phenoxy) is 2. The fourth-order valence-electron chi connectivity index (χ4n) is 10.8. The Bertz CT molecular complexity index is 1340. The van der Waals surface area contributed by atoms with Gasteiger partial charge in [0.1, 0.15) is 6.61 Å². The number of carbonyl (C=O) groups is 2. The summed E-state index contributed by atoms with van der Waals surface area (Å²) in [5.41, 5.74) is 0. The van der Waals surface area contributed by atoms with E-state index in [4.69, 9.17) is 9.47 Å². The van der Waals surface area contributed by atoms with E-state index in [1.165, 1.54) is 289 Å². The molecule has 1 unspecified atom stereocenters. The summed E-state index contributed by atoms with van der Waals surface area (Å²) in [6.07, 6.45) is 95.5. The van der Waals surface area contributed by atoms with E-state index >= 15 is 0 Å². The molecule has 79 heavy (non-hydrogen) atoms. The Kier molecular flexibility index (Phi) is 67.7. The van der Waals surface area contributed by atoms with E-state index in [0.717, 1.165) is 64.2 Å². The van der Waals surface area contributed by atoms with Crippen LogP contribution in [0.25, 0.3) is 0 Å². The Morgan fingerprint density at radius 2 is 0.544 bits per heavy atom. The van der Waals surface area contributed by atoms with Gasteiger partial charge in [0.15, 0.2) is 6.10 Å². The van der Waals surface area contributed by atoms with E-state index in [1.54, 1.807) is 0 Å². The van der Waals surface area contributed by atoms with Crippen LogP contribution in [-0.4, -0.2) is 36.4 Å². The summed E-state index contributed by atoms with van der Waals surface area (Å²) in [5.74, 6) is -0.567. The van der Waals surface area contributed by atoms with Crippen molar-refractivity contribution < 1.29 is 24.2 Å². The second kappa shape index (κ2) is 69.9. The molecule has 0 aromatic heterocycles. The fraction of sp³-hybridized carbons (Fsp3) is 0.838. The molecule has 0 fully saturated rings. The van der Waals surface area contributed by atoms with Crippen molar-refractivity contribution in [1.82, 2.24) is 0 Å². The van der Waals surface area contributed by atoms with Crippen molar-refractivity contribution in [3.63, 3.8) is 0 Å². The van der Waals surface area contributed by atoms with Crippen LogP contribution >= 0.6 is 0 Å². The minimum atomic E-state index is -0.771. The Labute approximate surface area is 493 Å². The highest BCUT2D eigenvalue weighted by atomic mass is 16.6. The molecule has 0 rings (SSSR count). The predicted molar refractivity (Wildman–Crippen MR) is 348 cm³/mol. The average Bonchev–Trinajstić information content (AvgIpc) is 3.45. The van der Waals surface area contributed by atoms with Gasteiger partial charge >= 0.3 is 11.9 Å². The summed E-state index contributed by atoms with van der Waals surface area (Å²) < 4.78 is 10.8. The lowest BCUT2D eigenvalue weighted by Crippen LogP contribution is -2.28. The van der Waals surface area contributed by atoms with E-state index in [-0.39, 0.29) is 25.2 Å². The summed E-state index contributed by atoms with van der Waals surface area (Å²) in [5, 5.41) is 9.71. The van der Waals surface area contributed by atoms with Gasteiger partial charge in [-0.3, -0.25) is 9.59 Å². The second-order valence-electron chi connectivity index (χ2n) is 23.9. The van der Waals surface area contributed by atoms with Crippen molar-refractivity contribution >= 4 is 11.9 Å². The molecule has 0 amide bonds. The molecule has 0 aliphatic carbocycles. The summed E-state index contributed by atoms with van der Waals surface area (Å²) in [7, 11) is 0. The Morgan fingerprint density at radius 3 is 0.823 bits per heavy atom. The minimum Gasteiger partial charge on any atom is -0.462 e. The van der Waals surface area contributed by atoms with Crippen molar-refractivity contribution in [3.05, 3.63) is 60.8 Å². The average molecular weight is 1110 g/mol. The first-order chi connectivity index (χ1) is 39.1. The number of hydrogen-bond donors (Lipinski definition) is 1. The molecule has 0 aliphatic rings. The smallest absolute Gasteiger partial charge is 0.306 e. The third-order valence-electron chi connectivity index (χ3n) is 16.1. The van der Waals surface area contributed by atoms with Gasteiger partial charge in [0.25, 0.3) is 0 Å². The lowest BCUT2D eigenvalue weighted by atomic mass is 10.0. The van der Waals surface area contributed by atoms with E-state index in [9.17, 15) is 14.7 Å². The Morgan fingerprint density at radius 1 is 0.304 bits per heavy atom. The summed E-state index contributed by atoms with van der Waals surface area (Å²) in [4.78, 5) is 24.7. The van der Waals surface area contributed by atoms with Crippen LogP contribution in [0.15, 0.2) is 60.8 Å². The molecule has 1 N–H and O–H groups in total. The molecule has 0 bridgehead atoms. The maximum Gasteiger partial charge on any atom is 0.306 e. The lowest BCUT2D eigenvalue weighted by Gasteiger charge is -2.15. The molecular weight excluding hydrogens is 969 g/mol. The second-order valence-corrected chi connectivity index (χ2v) is 23.9. The predicted octanol–water partition coefficient (Wildman–Crippen LogP) is 24.5. The molecule has 0 radical (unpaired) electrons. The number of rotatable bonds is 66.